The number of aryl methyl sites for hydroxylation is 1. The van der Waals surface area contributed by atoms with Crippen molar-refractivity contribution in [1.82, 2.24) is 4.90 Å². The van der Waals surface area contributed by atoms with Gasteiger partial charge in [-0.1, -0.05) is 13.8 Å². The molecule has 0 spiro atoms. The zero-order valence-corrected chi connectivity index (χ0v) is 12.7. The van der Waals surface area contributed by atoms with Crippen molar-refractivity contribution >= 4 is 23.2 Å². The molecule has 1 aromatic rings. The van der Waals surface area contributed by atoms with E-state index in [1.165, 1.54) is 0 Å². The summed E-state index contributed by atoms with van der Waals surface area (Å²) >= 11 is 1.56. The highest BCUT2D eigenvalue weighted by atomic mass is 32.1. The molecule has 19 heavy (non-hydrogen) atoms. The van der Waals surface area contributed by atoms with Crippen molar-refractivity contribution in [2.45, 2.75) is 34.1 Å². The average Bonchev–Trinajstić information content (AvgIpc) is 2.64. The number of nitrogens with zero attached hydrogens (tertiary/aromatic N) is 1. The number of carbonyl (C=O) groups is 2. The maximum Gasteiger partial charge on any atom is 0.305 e. The molecule has 1 aromatic heterocycles. The quantitative estimate of drug-likeness (QED) is 0.873. The second-order valence-electron chi connectivity index (χ2n) is 5.12. The van der Waals surface area contributed by atoms with Crippen LogP contribution in [0.1, 0.15) is 41.1 Å². The summed E-state index contributed by atoms with van der Waals surface area (Å²) in [6.07, 6.45) is -0.0133. The van der Waals surface area contributed by atoms with E-state index in [9.17, 15) is 9.59 Å². The van der Waals surface area contributed by atoms with E-state index < -0.39 is 5.97 Å². The lowest BCUT2D eigenvalue weighted by molar-refractivity contribution is -0.137. The van der Waals surface area contributed by atoms with Crippen LogP contribution in [-0.4, -0.2) is 35.0 Å². The van der Waals surface area contributed by atoms with Crippen LogP contribution in [0, 0.1) is 19.8 Å². The maximum atomic E-state index is 12.5. The fraction of sp³-hybridized carbons (Fsp3) is 0.571. The summed E-state index contributed by atoms with van der Waals surface area (Å²) < 4.78 is 0. The average molecular weight is 283 g/mol. The molecule has 0 radical (unpaired) electrons. The normalized spacial score (nSPS) is 10.8. The molecule has 0 bridgehead atoms. The molecule has 5 heteroatoms. The summed E-state index contributed by atoms with van der Waals surface area (Å²) in [4.78, 5) is 25.9. The van der Waals surface area contributed by atoms with Crippen LogP contribution in [-0.2, 0) is 4.79 Å². The van der Waals surface area contributed by atoms with Crippen LogP contribution >= 0.6 is 11.3 Å². The molecule has 0 aromatic carbocycles. The van der Waals surface area contributed by atoms with Crippen molar-refractivity contribution < 1.29 is 14.7 Å². The number of thiophene rings is 1. The Bertz CT molecular complexity index is 465. The van der Waals surface area contributed by atoms with Gasteiger partial charge in [-0.3, -0.25) is 9.59 Å². The smallest absolute Gasteiger partial charge is 0.305 e. The zero-order valence-electron chi connectivity index (χ0n) is 11.9. The number of hydrogen-bond acceptors (Lipinski definition) is 3. The summed E-state index contributed by atoms with van der Waals surface area (Å²) in [5, 5.41) is 10.6. The summed E-state index contributed by atoms with van der Waals surface area (Å²) in [6, 6.07) is 0. The van der Waals surface area contributed by atoms with Crippen molar-refractivity contribution in [1.29, 1.82) is 0 Å². The van der Waals surface area contributed by atoms with Gasteiger partial charge in [0, 0.05) is 23.3 Å². The number of aliphatic carboxylic acids is 1. The first-order chi connectivity index (χ1) is 8.82. The van der Waals surface area contributed by atoms with Crippen LogP contribution < -0.4 is 0 Å². The Balaban J connectivity index is 2.87. The lowest BCUT2D eigenvalue weighted by Crippen LogP contribution is -2.36. The van der Waals surface area contributed by atoms with Gasteiger partial charge in [0.1, 0.15) is 0 Å². The Hall–Kier alpha value is -1.36. The van der Waals surface area contributed by atoms with E-state index >= 15 is 0 Å². The molecule has 1 N–H and O–H groups in total. The first-order valence-electron chi connectivity index (χ1n) is 6.38. The van der Waals surface area contributed by atoms with Crippen molar-refractivity contribution in [2.24, 2.45) is 5.92 Å². The Kier molecular flexibility index (Phi) is 5.54. The van der Waals surface area contributed by atoms with E-state index in [0.29, 0.717) is 18.0 Å². The molecule has 106 valence electrons. The van der Waals surface area contributed by atoms with E-state index in [-0.39, 0.29) is 18.9 Å². The molecule has 0 aliphatic rings. The Morgan fingerprint density at radius 3 is 2.42 bits per heavy atom. The molecular weight excluding hydrogens is 262 g/mol. The van der Waals surface area contributed by atoms with Gasteiger partial charge in [-0.15, -0.1) is 11.3 Å². The third-order valence-corrected chi connectivity index (χ3v) is 4.00. The Morgan fingerprint density at radius 2 is 2.00 bits per heavy atom. The molecule has 0 fully saturated rings. The number of hydrogen-bond donors (Lipinski definition) is 1. The predicted molar refractivity (Wildman–Crippen MR) is 76.8 cm³/mol. The van der Waals surface area contributed by atoms with Crippen LogP contribution in [0.5, 0.6) is 0 Å². The molecule has 4 nitrogen and oxygen atoms in total. The van der Waals surface area contributed by atoms with Crippen LogP contribution in [0.2, 0.25) is 0 Å². The van der Waals surface area contributed by atoms with Gasteiger partial charge in [0.15, 0.2) is 0 Å². The van der Waals surface area contributed by atoms with Crippen LogP contribution in [0.3, 0.4) is 0 Å². The largest absolute Gasteiger partial charge is 0.481 e. The van der Waals surface area contributed by atoms with Crippen molar-refractivity contribution in [3.63, 3.8) is 0 Å². The van der Waals surface area contributed by atoms with Gasteiger partial charge in [-0.2, -0.15) is 0 Å². The molecule has 0 unspecified atom stereocenters. The number of carboxylic acids is 1. The lowest BCUT2D eigenvalue weighted by Gasteiger charge is -2.24. The van der Waals surface area contributed by atoms with Crippen molar-refractivity contribution in [2.75, 3.05) is 13.1 Å². The van der Waals surface area contributed by atoms with Gasteiger partial charge >= 0.3 is 5.97 Å². The third kappa shape index (κ3) is 4.35. The van der Waals surface area contributed by atoms with Crippen molar-refractivity contribution in [3.05, 3.63) is 21.4 Å². The standard InChI is InChI=1S/C14H21NO3S/c1-9(2)7-15(6-5-13(16)17)14(18)12-8-19-11(4)10(12)3/h8-9H,5-7H2,1-4H3,(H,16,17). The van der Waals surface area contributed by atoms with Gasteiger partial charge in [-0.05, 0) is 25.3 Å². The number of carboxylic acid groups (broad SMARTS) is 1. The first-order valence-corrected chi connectivity index (χ1v) is 7.26. The van der Waals surface area contributed by atoms with Gasteiger partial charge in [0.2, 0.25) is 0 Å². The summed E-state index contributed by atoms with van der Waals surface area (Å²) in [7, 11) is 0. The predicted octanol–water partition coefficient (Wildman–Crippen LogP) is 2.94. The minimum atomic E-state index is -0.875. The van der Waals surface area contributed by atoms with Crippen molar-refractivity contribution in [3.8, 4) is 0 Å². The van der Waals surface area contributed by atoms with E-state index in [1.54, 1.807) is 16.2 Å². The highest BCUT2D eigenvalue weighted by Gasteiger charge is 2.20. The molecular formula is C14H21NO3S. The summed E-state index contributed by atoms with van der Waals surface area (Å²) in [5.74, 6) is -0.616. The van der Waals surface area contributed by atoms with Crippen LogP contribution in [0.25, 0.3) is 0 Å². The zero-order chi connectivity index (χ0) is 14.6. The Morgan fingerprint density at radius 1 is 1.37 bits per heavy atom. The molecule has 0 aliphatic carbocycles. The lowest BCUT2D eigenvalue weighted by atomic mass is 10.1. The third-order valence-electron chi connectivity index (χ3n) is 2.98. The molecule has 1 rings (SSSR count). The highest BCUT2D eigenvalue weighted by molar-refractivity contribution is 7.10. The molecule has 1 heterocycles. The van der Waals surface area contributed by atoms with Crippen LogP contribution in [0.4, 0.5) is 0 Å². The molecule has 0 aliphatic heterocycles. The first kappa shape index (κ1) is 15.7. The fourth-order valence-electron chi connectivity index (χ4n) is 1.84. The molecule has 0 saturated carbocycles. The molecule has 1 amide bonds. The monoisotopic (exact) mass is 283 g/mol. The van der Waals surface area contributed by atoms with E-state index in [4.69, 9.17) is 5.11 Å². The Labute approximate surface area is 118 Å². The SMILES string of the molecule is Cc1scc(C(=O)N(CCC(=O)O)CC(C)C)c1C. The molecule has 0 saturated heterocycles. The molecule has 0 atom stereocenters. The fourth-order valence-corrected chi connectivity index (χ4v) is 2.70. The van der Waals surface area contributed by atoms with E-state index in [1.807, 2.05) is 33.1 Å². The summed E-state index contributed by atoms with van der Waals surface area (Å²) in [6.45, 7) is 8.81. The summed E-state index contributed by atoms with van der Waals surface area (Å²) in [5.41, 5.74) is 1.70. The highest BCUT2D eigenvalue weighted by Crippen LogP contribution is 2.22. The second kappa shape index (κ2) is 6.70. The van der Waals surface area contributed by atoms with Crippen LogP contribution in [0.15, 0.2) is 5.38 Å². The van der Waals surface area contributed by atoms with Gasteiger partial charge in [0.25, 0.3) is 5.91 Å². The van der Waals surface area contributed by atoms with Gasteiger partial charge < -0.3 is 10.0 Å². The maximum absolute atomic E-state index is 12.5. The minimum absolute atomic E-state index is 0.0133. The number of rotatable bonds is 6. The van der Waals surface area contributed by atoms with E-state index in [2.05, 4.69) is 0 Å². The second-order valence-corrected chi connectivity index (χ2v) is 6.20. The van der Waals surface area contributed by atoms with Gasteiger partial charge in [-0.25, -0.2) is 0 Å². The number of carbonyl (C=O) groups excluding carboxylic acids is 1. The van der Waals surface area contributed by atoms with E-state index in [0.717, 1.165) is 10.4 Å². The minimum Gasteiger partial charge on any atom is -0.481 e. The topological polar surface area (TPSA) is 57.6 Å². The number of amides is 1. The van der Waals surface area contributed by atoms with Gasteiger partial charge in [0.05, 0.1) is 12.0 Å².